The van der Waals surface area contributed by atoms with Crippen LogP contribution in [0.4, 0.5) is 14.9 Å². The quantitative estimate of drug-likeness (QED) is 0.334. The number of nitrogens with one attached hydrogen (secondary N) is 4. The Hall–Kier alpha value is -4.15. The van der Waals surface area contributed by atoms with Gasteiger partial charge in [-0.2, -0.15) is 0 Å². The lowest BCUT2D eigenvalue weighted by molar-refractivity contribution is -0.125. The molecule has 4 N–H and O–H groups in total. The Morgan fingerprint density at radius 2 is 1.86 bits per heavy atom. The van der Waals surface area contributed by atoms with Crippen molar-refractivity contribution >= 4 is 41.2 Å². The van der Waals surface area contributed by atoms with Crippen LogP contribution in [0, 0.1) is 12.7 Å². The molecule has 1 aromatic carbocycles. The molecule has 2 aromatic rings. The van der Waals surface area contributed by atoms with Gasteiger partial charge in [-0.15, -0.1) is 0 Å². The molecule has 0 fully saturated rings. The van der Waals surface area contributed by atoms with Crippen molar-refractivity contribution in [3.8, 4) is 0 Å². The zero-order valence-corrected chi connectivity index (χ0v) is 21.7. The molecule has 0 saturated carbocycles. The Kier molecular flexibility index (Phi) is 8.05. The van der Waals surface area contributed by atoms with Crippen LogP contribution in [0.2, 0.25) is 0 Å². The maximum atomic E-state index is 13.7. The van der Waals surface area contributed by atoms with Crippen LogP contribution in [-0.2, 0) is 14.3 Å². The third-order valence-electron chi connectivity index (χ3n) is 5.83. The minimum Gasteiger partial charge on any atom is -0.444 e. The van der Waals surface area contributed by atoms with E-state index >= 15 is 0 Å². The van der Waals surface area contributed by atoms with E-state index in [1.807, 2.05) is 0 Å². The minimum absolute atomic E-state index is 0.153. The number of likely N-dealkylation sites (N-methyl/N-ethyl adjacent to an activating group) is 1. The summed E-state index contributed by atoms with van der Waals surface area (Å²) in [7, 11) is 1.48. The van der Waals surface area contributed by atoms with E-state index in [4.69, 9.17) is 4.74 Å². The first kappa shape index (κ1) is 27.4. The van der Waals surface area contributed by atoms with Crippen molar-refractivity contribution in [3.05, 3.63) is 52.6 Å². The minimum atomic E-state index is -0.764. The number of nitrogens with zero attached hydrogens (tertiary/aromatic N) is 1. The second kappa shape index (κ2) is 10.9. The van der Waals surface area contributed by atoms with Crippen LogP contribution in [0.15, 0.2) is 24.4 Å². The highest BCUT2D eigenvalue weighted by atomic mass is 19.1. The number of H-pyrrole nitrogens is 1. The van der Waals surface area contributed by atoms with E-state index in [0.717, 1.165) is 0 Å². The smallest absolute Gasteiger partial charge is 0.410 e. The molecule has 0 aliphatic carbocycles. The van der Waals surface area contributed by atoms with Gasteiger partial charge in [-0.1, -0.05) is 0 Å². The van der Waals surface area contributed by atoms with Gasteiger partial charge < -0.3 is 25.7 Å². The second-order valence-corrected chi connectivity index (χ2v) is 9.76. The fourth-order valence-electron chi connectivity index (χ4n) is 3.62. The van der Waals surface area contributed by atoms with Crippen molar-refractivity contribution in [2.24, 2.45) is 0 Å². The summed E-state index contributed by atoms with van der Waals surface area (Å²) in [5, 5.41) is 8.09. The summed E-state index contributed by atoms with van der Waals surface area (Å²) in [5.74, 6) is -1.57. The highest BCUT2D eigenvalue weighted by Crippen LogP contribution is 2.34. The summed E-state index contributed by atoms with van der Waals surface area (Å²) in [6, 6.07) is 3.29. The van der Waals surface area contributed by atoms with Crippen LogP contribution in [-0.4, -0.2) is 65.5 Å². The van der Waals surface area contributed by atoms with Gasteiger partial charge in [0.25, 0.3) is 11.8 Å². The predicted molar refractivity (Wildman–Crippen MR) is 137 cm³/mol. The van der Waals surface area contributed by atoms with E-state index in [0.29, 0.717) is 33.6 Å². The van der Waals surface area contributed by atoms with Crippen LogP contribution in [0.25, 0.3) is 11.6 Å². The Morgan fingerprint density at radius 3 is 2.54 bits per heavy atom. The number of halogens is 1. The molecule has 198 valence electrons. The molecule has 1 atom stereocenters. The number of carbonyl (C=O) groups is 4. The van der Waals surface area contributed by atoms with Crippen molar-refractivity contribution in [3.63, 3.8) is 0 Å². The highest BCUT2D eigenvalue weighted by Gasteiger charge is 2.27. The Bertz CT molecular complexity index is 1260. The van der Waals surface area contributed by atoms with E-state index in [9.17, 15) is 23.6 Å². The van der Waals surface area contributed by atoms with Gasteiger partial charge in [0.1, 0.15) is 17.5 Å². The average Bonchev–Trinajstić information content (AvgIpc) is 3.33. The van der Waals surface area contributed by atoms with Gasteiger partial charge in [-0.3, -0.25) is 19.3 Å². The van der Waals surface area contributed by atoms with Gasteiger partial charge in [0.05, 0.1) is 11.1 Å². The van der Waals surface area contributed by atoms with Crippen LogP contribution in [0.3, 0.4) is 0 Å². The zero-order chi connectivity index (χ0) is 27.5. The molecule has 1 aromatic heterocycles. The first-order valence-corrected chi connectivity index (χ1v) is 11.8. The summed E-state index contributed by atoms with van der Waals surface area (Å²) in [4.78, 5) is 53.7. The van der Waals surface area contributed by atoms with E-state index in [2.05, 4.69) is 20.9 Å². The number of aromatic nitrogens is 1. The molecular weight excluding hydrogens is 481 g/mol. The van der Waals surface area contributed by atoms with Crippen LogP contribution in [0.1, 0.15) is 54.9 Å². The Balaban J connectivity index is 1.55. The molecule has 10 nitrogen and oxygen atoms in total. The van der Waals surface area contributed by atoms with E-state index in [-0.39, 0.29) is 30.8 Å². The van der Waals surface area contributed by atoms with Crippen molar-refractivity contribution in [1.82, 2.24) is 20.5 Å². The third-order valence-corrected chi connectivity index (χ3v) is 5.83. The standard InChI is InChI=1S/C26H32FN5O5/c1-14-19(13-30-21(14)12-18-17-11-16(27)7-8-20(17)31-24(18)35)23(34)29-10-9-28-22(33)15(2)32(6)25(36)37-26(3,4)5/h7-8,11-13,15,30H,9-10H2,1-6H3,(H,28,33)(H,29,34)(H,31,35). The van der Waals surface area contributed by atoms with E-state index in [1.54, 1.807) is 40.7 Å². The average molecular weight is 514 g/mol. The molecule has 1 aliphatic rings. The number of ether oxygens (including phenoxy) is 1. The summed E-state index contributed by atoms with van der Waals surface area (Å²) < 4.78 is 19.0. The number of aromatic amines is 1. The fourth-order valence-corrected chi connectivity index (χ4v) is 3.62. The zero-order valence-electron chi connectivity index (χ0n) is 21.7. The molecule has 3 rings (SSSR count). The number of carbonyl (C=O) groups excluding carboxylic acids is 4. The lowest BCUT2D eigenvalue weighted by atomic mass is 10.0. The largest absolute Gasteiger partial charge is 0.444 e. The molecule has 0 bridgehead atoms. The maximum Gasteiger partial charge on any atom is 0.410 e. The molecule has 0 spiro atoms. The number of rotatable bonds is 7. The summed E-state index contributed by atoms with van der Waals surface area (Å²) in [6.45, 7) is 8.84. The van der Waals surface area contributed by atoms with Crippen molar-refractivity contribution in [2.75, 3.05) is 25.5 Å². The fraction of sp³-hybridized carbons (Fsp3) is 0.385. The number of hydrogen-bond donors (Lipinski definition) is 4. The number of anilines is 1. The molecule has 1 unspecified atom stereocenters. The van der Waals surface area contributed by atoms with Crippen molar-refractivity contribution < 1.29 is 28.3 Å². The Labute approximate surface area is 214 Å². The molecule has 2 heterocycles. The molecule has 37 heavy (non-hydrogen) atoms. The highest BCUT2D eigenvalue weighted by molar-refractivity contribution is 6.34. The van der Waals surface area contributed by atoms with Gasteiger partial charge in [-0.05, 0) is 64.5 Å². The normalized spacial score (nSPS) is 14.6. The molecule has 0 saturated heterocycles. The van der Waals surface area contributed by atoms with Crippen LogP contribution in [0.5, 0.6) is 0 Å². The number of benzene rings is 1. The van der Waals surface area contributed by atoms with Gasteiger partial charge in [0.2, 0.25) is 5.91 Å². The topological polar surface area (TPSA) is 133 Å². The summed E-state index contributed by atoms with van der Waals surface area (Å²) in [6.07, 6.45) is 2.49. The van der Waals surface area contributed by atoms with Gasteiger partial charge >= 0.3 is 6.09 Å². The maximum absolute atomic E-state index is 13.7. The monoisotopic (exact) mass is 513 g/mol. The first-order chi connectivity index (χ1) is 17.3. The second-order valence-electron chi connectivity index (χ2n) is 9.76. The summed E-state index contributed by atoms with van der Waals surface area (Å²) in [5.41, 5.74) is 2.11. The molecule has 4 amide bonds. The van der Waals surface area contributed by atoms with Gasteiger partial charge in [0, 0.05) is 43.3 Å². The molecule has 11 heteroatoms. The third kappa shape index (κ3) is 6.54. The first-order valence-electron chi connectivity index (χ1n) is 11.8. The van der Waals surface area contributed by atoms with Crippen LogP contribution < -0.4 is 16.0 Å². The van der Waals surface area contributed by atoms with Crippen molar-refractivity contribution in [2.45, 2.75) is 46.3 Å². The Morgan fingerprint density at radius 1 is 1.19 bits per heavy atom. The number of amides is 4. The van der Waals surface area contributed by atoms with E-state index < -0.39 is 23.6 Å². The predicted octanol–water partition coefficient (Wildman–Crippen LogP) is 3.06. The van der Waals surface area contributed by atoms with Gasteiger partial charge in [0.15, 0.2) is 0 Å². The van der Waals surface area contributed by atoms with E-state index in [1.165, 1.54) is 36.3 Å². The molecular formula is C26H32FN5O5. The number of fused-ring (bicyclic) bond motifs is 1. The summed E-state index contributed by atoms with van der Waals surface area (Å²) >= 11 is 0. The van der Waals surface area contributed by atoms with Gasteiger partial charge in [-0.25, -0.2) is 9.18 Å². The lowest BCUT2D eigenvalue weighted by Crippen LogP contribution is -2.48. The SMILES string of the molecule is Cc1c(C(=O)NCCNC(=O)C(C)N(C)C(=O)OC(C)(C)C)c[nH]c1C=C1C(=O)Nc2ccc(F)cc21. The van der Waals surface area contributed by atoms with Crippen molar-refractivity contribution in [1.29, 1.82) is 0 Å². The number of hydrogen-bond acceptors (Lipinski definition) is 5. The van der Waals surface area contributed by atoms with Crippen LogP contribution >= 0.6 is 0 Å². The molecule has 1 aliphatic heterocycles. The molecule has 0 radical (unpaired) electrons. The lowest BCUT2D eigenvalue weighted by Gasteiger charge is -2.28.